The molecule has 3 rings (SSSR count). The van der Waals surface area contributed by atoms with Crippen LogP contribution in [-0.4, -0.2) is 27.7 Å². The number of aryl methyl sites for hydroxylation is 1. The van der Waals surface area contributed by atoms with E-state index in [-0.39, 0.29) is 0 Å². The second-order valence-electron chi connectivity index (χ2n) is 4.15. The van der Waals surface area contributed by atoms with Gasteiger partial charge in [0, 0.05) is 18.8 Å². The largest absolute Gasteiger partial charge is 0.373 e. The molecular weight excluding hydrogens is 234 g/mol. The maximum Gasteiger partial charge on any atom is 0.316 e. The third kappa shape index (κ3) is 1.58. The van der Waals surface area contributed by atoms with Crippen molar-refractivity contribution in [3.05, 3.63) is 44.6 Å². The Morgan fingerprint density at radius 1 is 1.44 bits per heavy atom. The summed E-state index contributed by atoms with van der Waals surface area (Å²) in [5, 5.41) is 0. The molecule has 0 aliphatic carbocycles. The van der Waals surface area contributed by atoms with E-state index in [2.05, 4.69) is 9.97 Å². The van der Waals surface area contributed by atoms with Crippen LogP contribution >= 0.6 is 0 Å². The van der Waals surface area contributed by atoms with E-state index in [9.17, 15) is 9.59 Å². The lowest BCUT2D eigenvalue weighted by molar-refractivity contribution is 0.216. The molecule has 2 aromatic rings. The summed E-state index contributed by atoms with van der Waals surface area (Å²) < 4.78 is 6.56. The number of H-pyrrole nitrogens is 1. The first-order chi connectivity index (χ1) is 8.66. The Kier molecular flexibility index (Phi) is 2.38. The lowest BCUT2D eigenvalue weighted by Crippen LogP contribution is -2.35. The van der Waals surface area contributed by atoms with Crippen molar-refractivity contribution in [1.29, 1.82) is 0 Å². The van der Waals surface area contributed by atoms with E-state index in [1.165, 1.54) is 4.57 Å². The van der Waals surface area contributed by atoms with Gasteiger partial charge < -0.3 is 14.3 Å². The second kappa shape index (κ2) is 3.92. The van der Waals surface area contributed by atoms with Crippen molar-refractivity contribution >= 4 is 16.7 Å². The first kappa shape index (κ1) is 10.9. The molecule has 2 aromatic heterocycles. The molecule has 0 fully saturated rings. The Morgan fingerprint density at radius 3 is 3.00 bits per heavy atom. The van der Waals surface area contributed by atoms with Crippen molar-refractivity contribution in [2.45, 2.75) is 0 Å². The molecule has 0 aromatic carbocycles. The molecule has 18 heavy (non-hydrogen) atoms. The fraction of sp³-hybridized carbons (Fsp3) is 0.250. The van der Waals surface area contributed by atoms with Gasteiger partial charge in [-0.3, -0.25) is 9.59 Å². The van der Waals surface area contributed by atoms with Gasteiger partial charge >= 0.3 is 11.1 Å². The van der Waals surface area contributed by atoms with Crippen LogP contribution in [0.3, 0.4) is 0 Å². The van der Waals surface area contributed by atoms with Gasteiger partial charge in [0.25, 0.3) is 0 Å². The topological polar surface area (TPSA) is 77.0 Å². The van der Waals surface area contributed by atoms with Crippen LogP contribution in [0.15, 0.2) is 27.9 Å². The van der Waals surface area contributed by atoms with Gasteiger partial charge in [0.1, 0.15) is 0 Å². The fourth-order valence-electron chi connectivity index (χ4n) is 1.99. The van der Waals surface area contributed by atoms with Crippen molar-refractivity contribution in [3.8, 4) is 0 Å². The van der Waals surface area contributed by atoms with Crippen LogP contribution in [0.25, 0.3) is 16.7 Å². The number of hydrogen-bond donors (Lipinski definition) is 1. The molecule has 6 heteroatoms. The summed E-state index contributed by atoms with van der Waals surface area (Å²) in [6.45, 7) is 1.14. The quantitative estimate of drug-likeness (QED) is 0.719. The molecule has 6 nitrogen and oxygen atoms in total. The predicted octanol–water partition coefficient (Wildman–Crippen LogP) is 0.0354. The molecule has 92 valence electrons. The van der Waals surface area contributed by atoms with Gasteiger partial charge in [-0.15, -0.1) is 0 Å². The average molecular weight is 245 g/mol. The third-order valence-electron chi connectivity index (χ3n) is 3.04. The third-order valence-corrected chi connectivity index (χ3v) is 3.04. The molecule has 0 atom stereocenters. The normalized spacial score (nSPS) is 15.1. The van der Waals surface area contributed by atoms with E-state index in [0.29, 0.717) is 24.4 Å². The van der Waals surface area contributed by atoms with Crippen LogP contribution in [0.1, 0.15) is 5.56 Å². The maximum absolute atomic E-state index is 11.6. The Morgan fingerprint density at radius 2 is 2.28 bits per heavy atom. The SMILES string of the molecule is Cn1c(=O)c(=O)[nH]c2ncc(C3=CCOC3)cc21. The minimum absolute atomic E-state index is 0.408. The molecule has 0 radical (unpaired) electrons. The first-order valence-corrected chi connectivity index (χ1v) is 5.53. The summed E-state index contributed by atoms with van der Waals surface area (Å²) >= 11 is 0. The fourth-order valence-corrected chi connectivity index (χ4v) is 1.99. The lowest BCUT2D eigenvalue weighted by Gasteiger charge is -2.06. The summed E-state index contributed by atoms with van der Waals surface area (Å²) in [6.07, 6.45) is 3.65. The van der Waals surface area contributed by atoms with Gasteiger partial charge in [-0.05, 0) is 11.6 Å². The maximum atomic E-state index is 11.6. The lowest BCUT2D eigenvalue weighted by atomic mass is 10.1. The minimum Gasteiger partial charge on any atom is -0.373 e. The van der Waals surface area contributed by atoms with E-state index in [1.54, 1.807) is 13.2 Å². The first-order valence-electron chi connectivity index (χ1n) is 5.53. The van der Waals surface area contributed by atoms with E-state index >= 15 is 0 Å². The molecule has 1 aliphatic heterocycles. The highest BCUT2D eigenvalue weighted by Gasteiger charge is 2.11. The number of aromatic nitrogens is 3. The van der Waals surface area contributed by atoms with Crippen molar-refractivity contribution in [1.82, 2.24) is 14.5 Å². The van der Waals surface area contributed by atoms with Gasteiger partial charge in [0.05, 0.1) is 18.7 Å². The van der Waals surface area contributed by atoms with Crippen LogP contribution in [0, 0.1) is 0 Å². The molecule has 3 heterocycles. The minimum atomic E-state index is -0.659. The van der Waals surface area contributed by atoms with Gasteiger partial charge in [-0.1, -0.05) is 6.08 Å². The monoisotopic (exact) mass is 245 g/mol. The van der Waals surface area contributed by atoms with Crippen molar-refractivity contribution in [3.63, 3.8) is 0 Å². The zero-order valence-electron chi connectivity index (χ0n) is 9.77. The summed E-state index contributed by atoms with van der Waals surface area (Å²) in [5.41, 5.74) is 1.71. The van der Waals surface area contributed by atoms with Crippen LogP contribution < -0.4 is 11.1 Å². The number of aromatic amines is 1. The zero-order valence-corrected chi connectivity index (χ0v) is 9.77. The Bertz CT molecular complexity index is 770. The second-order valence-corrected chi connectivity index (χ2v) is 4.15. The predicted molar refractivity (Wildman–Crippen MR) is 66.4 cm³/mol. The van der Waals surface area contributed by atoms with Crippen molar-refractivity contribution in [2.24, 2.45) is 7.05 Å². The number of pyridine rings is 1. The van der Waals surface area contributed by atoms with E-state index in [0.717, 1.165) is 11.1 Å². The van der Waals surface area contributed by atoms with Crippen LogP contribution in [-0.2, 0) is 11.8 Å². The smallest absolute Gasteiger partial charge is 0.316 e. The van der Waals surface area contributed by atoms with Crippen LogP contribution in [0.4, 0.5) is 0 Å². The molecule has 0 unspecified atom stereocenters. The molecule has 0 spiro atoms. The number of nitrogens with one attached hydrogen (secondary N) is 1. The van der Waals surface area contributed by atoms with E-state index < -0.39 is 11.1 Å². The van der Waals surface area contributed by atoms with Gasteiger partial charge in [-0.2, -0.15) is 0 Å². The van der Waals surface area contributed by atoms with Crippen molar-refractivity contribution < 1.29 is 4.74 Å². The number of fused-ring (bicyclic) bond motifs is 1. The van der Waals surface area contributed by atoms with E-state index in [1.807, 2.05) is 12.1 Å². The molecule has 1 N–H and O–H groups in total. The number of rotatable bonds is 1. The van der Waals surface area contributed by atoms with Crippen LogP contribution in [0.2, 0.25) is 0 Å². The zero-order chi connectivity index (χ0) is 12.7. The Hall–Kier alpha value is -2.21. The number of hydrogen-bond acceptors (Lipinski definition) is 4. The van der Waals surface area contributed by atoms with Gasteiger partial charge in [-0.25, -0.2) is 4.98 Å². The van der Waals surface area contributed by atoms with Gasteiger partial charge in [0.15, 0.2) is 5.65 Å². The summed E-state index contributed by atoms with van der Waals surface area (Å²) in [4.78, 5) is 29.5. The average Bonchev–Trinajstić information content (AvgIpc) is 2.90. The number of ether oxygens (including phenoxy) is 1. The van der Waals surface area contributed by atoms with Crippen LogP contribution in [0.5, 0.6) is 0 Å². The summed E-state index contributed by atoms with van der Waals surface area (Å²) in [7, 11) is 1.56. The molecule has 0 saturated heterocycles. The van der Waals surface area contributed by atoms with Gasteiger partial charge in [0.2, 0.25) is 0 Å². The van der Waals surface area contributed by atoms with Crippen molar-refractivity contribution in [2.75, 3.05) is 13.2 Å². The summed E-state index contributed by atoms with van der Waals surface area (Å²) in [5.74, 6) is 0. The highest BCUT2D eigenvalue weighted by atomic mass is 16.5. The number of nitrogens with zero attached hydrogens (tertiary/aromatic N) is 2. The highest BCUT2D eigenvalue weighted by molar-refractivity contribution is 5.77. The molecule has 0 saturated carbocycles. The molecular formula is C12H11N3O3. The standard InChI is InChI=1S/C12H11N3O3/c1-15-9-4-8(7-2-3-18-6-7)5-13-10(9)14-11(16)12(15)17/h2,4-5H,3,6H2,1H3,(H,13,14,16). The molecule has 0 bridgehead atoms. The molecule has 1 aliphatic rings. The molecule has 0 amide bonds. The Balaban J connectivity index is 2.29. The van der Waals surface area contributed by atoms with E-state index in [4.69, 9.17) is 4.74 Å². The Labute approximate surface area is 102 Å². The summed E-state index contributed by atoms with van der Waals surface area (Å²) in [6, 6.07) is 1.83. The highest BCUT2D eigenvalue weighted by Crippen LogP contribution is 2.20.